The molecule has 0 aromatic heterocycles. The number of rotatable bonds is 2. The van der Waals surface area contributed by atoms with E-state index in [1.165, 1.54) is 27.5 Å². The van der Waals surface area contributed by atoms with E-state index in [1.807, 2.05) is 0 Å². The molecule has 3 aromatic carbocycles. The molecule has 0 N–H and O–H groups in total. The first kappa shape index (κ1) is 11.0. The molecule has 1 radical (unpaired) electrons. The summed E-state index contributed by atoms with van der Waals surface area (Å²) in [6, 6.07) is 23.7. The summed E-state index contributed by atoms with van der Waals surface area (Å²) in [6.07, 6.45) is 2.12. The number of hydrogen-bond acceptors (Lipinski definition) is 0. The Morgan fingerprint density at radius 2 is 1.44 bits per heavy atom. The van der Waals surface area contributed by atoms with Crippen LogP contribution in [0.25, 0.3) is 21.9 Å². The van der Waals surface area contributed by atoms with Gasteiger partial charge in [-0.15, -0.1) is 0 Å². The molecule has 87 valence electrons. The van der Waals surface area contributed by atoms with E-state index in [9.17, 15) is 0 Å². The minimum Gasteiger partial charge on any atom is -0.0616 e. The molecule has 18 heavy (non-hydrogen) atoms. The summed E-state index contributed by atoms with van der Waals surface area (Å²) in [4.78, 5) is 0. The highest BCUT2D eigenvalue weighted by Crippen LogP contribution is 2.28. The number of fused-ring (bicyclic) bond motifs is 1. The fourth-order valence-electron chi connectivity index (χ4n) is 2.33. The normalized spacial score (nSPS) is 10.7. The smallest absolute Gasteiger partial charge is 0.0105 e. The zero-order valence-corrected chi connectivity index (χ0v) is 10.4. The van der Waals surface area contributed by atoms with Crippen LogP contribution < -0.4 is 0 Å². The number of benzene rings is 3. The quantitative estimate of drug-likeness (QED) is 0.577. The molecule has 0 amide bonds. The van der Waals surface area contributed by atoms with Gasteiger partial charge >= 0.3 is 0 Å². The lowest BCUT2D eigenvalue weighted by Crippen LogP contribution is -1.82. The Balaban J connectivity index is 2.18. The van der Waals surface area contributed by atoms with Crippen LogP contribution in [0.3, 0.4) is 0 Å². The van der Waals surface area contributed by atoms with E-state index < -0.39 is 0 Å². The first-order chi connectivity index (χ1) is 8.88. The van der Waals surface area contributed by atoms with Crippen molar-refractivity contribution in [2.45, 2.75) is 6.92 Å². The summed E-state index contributed by atoms with van der Waals surface area (Å²) >= 11 is 0. The van der Waals surface area contributed by atoms with Gasteiger partial charge in [0.2, 0.25) is 0 Å². The molecule has 0 fully saturated rings. The van der Waals surface area contributed by atoms with Crippen molar-refractivity contribution in [1.29, 1.82) is 0 Å². The lowest BCUT2D eigenvalue weighted by Gasteiger charge is -2.07. The van der Waals surface area contributed by atoms with Crippen LogP contribution in [-0.2, 0) is 0 Å². The van der Waals surface area contributed by atoms with Gasteiger partial charge < -0.3 is 0 Å². The van der Waals surface area contributed by atoms with Gasteiger partial charge in [0.15, 0.2) is 0 Å². The van der Waals surface area contributed by atoms with Gasteiger partial charge in [0, 0.05) is 0 Å². The molecule has 0 bridgehead atoms. The maximum atomic E-state index is 2.19. The predicted molar refractivity (Wildman–Crippen MR) is 78.5 cm³/mol. The standard InChI is InChI=1S/C18H15/c1-2-14-10-12-16(13-11-14)18-9-5-7-15-6-3-4-8-17(15)18/h2-13H,1H3. The van der Waals surface area contributed by atoms with Gasteiger partial charge in [-0.25, -0.2) is 0 Å². The summed E-state index contributed by atoms with van der Waals surface area (Å²) in [5, 5.41) is 2.61. The minimum absolute atomic E-state index is 1.26. The highest BCUT2D eigenvalue weighted by atomic mass is 14.1. The van der Waals surface area contributed by atoms with Gasteiger partial charge in [-0.2, -0.15) is 0 Å². The van der Waals surface area contributed by atoms with Crippen LogP contribution in [-0.4, -0.2) is 0 Å². The topological polar surface area (TPSA) is 0 Å². The maximum Gasteiger partial charge on any atom is -0.0105 e. The molecule has 0 unspecified atom stereocenters. The van der Waals surface area contributed by atoms with Crippen molar-refractivity contribution >= 4 is 10.8 Å². The Morgan fingerprint density at radius 3 is 2.22 bits per heavy atom. The van der Waals surface area contributed by atoms with E-state index >= 15 is 0 Å². The molecular weight excluding hydrogens is 216 g/mol. The first-order valence-electron chi connectivity index (χ1n) is 6.26. The Kier molecular flexibility index (Phi) is 2.85. The third-order valence-electron chi connectivity index (χ3n) is 3.34. The van der Waals surface area contributed by atoms with E-state index in [0.29, 0.717) is 0 Å². The predicted octanol–water partition coefficient (Wildman–Crippen LogP) is 5.08. The summed E-state index contributed by atoms with van der Waals surface area (Å²) in [6.45, 7) is 2.06. The first-order valence-corrected chi connectivity index (χ1v) is 6.26. The summed E-state index contributed by atoms with van der Waals surface area (Å²) in [7, 11) is 0. The average molecular weight is 231 g/mol. The fourth-order valence-corrected chi connectivity index (χ4v) is 2.33. The van der Waals surface area contributed by atoms with Gasteiger partial charge in [0.25, 0.3) is 0 Å². The van der Waals surface area contributed by atoms with Crippen LogP contribution in [0.2, 0.25) is 0 Å². The van der Waals surface area contributed by atoms with E-state index in [4.69, 9.17) is 0 Å². The van der Waals surface area contributed by atoms with Crippen molar-refractivity contribution < 1.29 is 0 Å². The van der Waals surface area contributed by atoms with Crippen molar-refractivity contribution in [1.82, 2.24) is 0 Å². The lowest BCUT2D eigenvalue weighted by molar-refractivity contribution is 1.42. The lowest BCUT2D eigenvalue weighted by atomic mass is 9.97. The highest BCUT2D eigenvalue weighted by molar-refractivity contribution is 5.96. The Hall–Kier alpha value is -2.08. The van der Waals surface area contributed by atoms with E-state index in [-0.39, 0.29) is 0 Å². The van der Waals surface area contributed by atoms with Crippen molar-refractivity contribution in [3.05, 3.63) is 78.7 Å². The van der Waals surface area contributed by atoms with Crippen LogP contribution in [0.5, 0.6) is 0 Å². The SMILES string of the molecule is C[CH]c1ccc(-c2cccc3ccccc23)cc1. The largest absolute Gasteiger partial charge is 0.0616 e. The van der Waals surface area contributed by atoms with E-state index in [0.717, 1.165) is 0 Å². The summed E-state index contributed by atoms with van der Waals surface area (Å²) in [5.41, 5.74) is 3.84. The van der Waals surface area contributed by atoms with Crippen molar-refractivity contribution in [2.24, 2.45) is 0 Å². The molecule has 0 aliphatic carbocycles. The molecule has 0 nitrogen and oxygen atoms in total. The molecule has 0 heteroatoms. The molecule has 0 heterocycles. The van der Waals surface area contributed by atoms with Crippen molar-refractivity contribution in [3.8, 4) is 11.1 Å². The second-order valence-corrected chi connectivity index (χ2v) is 4.44. The maximum absolute atomic E-state index is 2.19. The van der Waals surface area contributed by atoms with Crippen LogP contribution in [0.15, 0.2) is 66.7 Å². The molecule has 0 aliphatic heterocycles. The van der Waals surface area contributed by atoms with Gasteiger partial charge in [0.05, 0.1) is 0 Å². The third-order valence-corrected chi connectivity index (χ3v) is 3.34. The minimum atomic E-state index is 1.26. The number of hydrogen-bond donors (Lipinski definition) is 0. The summed E-state index contributed by atoms with van der Waals surface area (Å²) < 4.78 is 0. The zero-order valence-electron chi connectivity index (χ0n) is 10.4. The fraction of sp³-hybridized carbons (Fsp3) is 0.0556. The van der Waals surface area contributed by atoms with Crippen LogP contribution in [0.4, 0.5) is 0 Å². The van der Waals surface area contributed by atoms with Gasteiger partial charge in [-0.3, -0.25) is 0 Å². The zero-order chi connectivity index (χ0) is 12.4. The molecule has 3 aromatic rings. The van der Waals surface area contributed by atoms with Gasteiger partial charge in [-0.1, -0.05) is 73.7 Å². The van der Waals surface area contributed by atoms with Crippen LogP contribution in [0, 0.1) is 6.42 Å². The third kappa shape index (κ3) is 1.91. The molecule has 0 saturated heterocycles. The second kappa shape index (κ2) is 4.66. The molecular formula is C18H15. The van der Waals surface area contributed by atoms with Gasteiger partial charge in [0.1, 0.15) is 0 Å². The Labute approximate surface area is 108 Å². The van der Waals surface area contributed by atoms with Crippen LogP contribution in [0.1, 0.15) is 12.5 Å². The Bertz CT molecular complexity index is 658. The second-order valence-electron chi connectivity index (χ2n) is 4.44. The average Bonchev–Trinajstić information content (AvgIpc) is 2.47. The monoisotopic (exact) mass is 231 g/mol. The van der Waals surface area contributed by atoms with Crippen molar-refractivity contribution in [2.75, 3.05) is 0 Å². The van der Waals surface area contributed by atoms with Crippen molar-refractivity contribution in [3.63, 3.8) is 0 Å². The molecule has 3 rings (SSSR count). The molecule has 0 spiro atoms. The van der Waals surface area contributed by atoms with E-state index in [1.54, 1.807) is 0 Å². The van der Waals surface area contributed by atoms with E-state index in [2.05, 4.69) is 80.1 Å². The van der Waals surface area contributed by atoms with Gasteiger partial charge in [-0.05, 0) is 33.9 Å². The molecule has 0 saturated carbocycles. The highest BCUT2D eigenvalue weighted by Gasteiger charge is 2.02. The molecule has 0 atom stereocenters. The summed E-state index contributed by atoms with van der Waals surface area (Å²) in [5.74, 6) is 0. The Morgan fingerprint density at radius 1 is 0.722 bits per heavy atom. The molecule has 0 aliphatic rings. The van der Waals surface area contributed by atoms with Crippen LogP contribution >= 0.6 is 0 Å².